The van der Waals surface area contributed by atoms with Gasteiger partial charge in [-0.3, -0.25) is 4.98 Å². The lowest BCUT2D eigenvalue weighted by Gasteiger charge is -2.52. The number of carboxylic acids is 1. The van der Waals surface area contributed by atoms with Crippen molar-refractivity contribution in [3.8, 4) is 17.0 Å². The van der Waals surface area contributed by atoms with Crippen LogP contribution < -0.4 is 4.74 Å². The molecule has 4 aromatic rings. The summed E-state index contributed by atoms with van der Waals surface area (Å²) < 4.78 is 19.0. The minimum Gasteiger partial charge on any atom is -0.493 e. The number of carboxylic acid groups (broad SMARTS) is 1. The van der Waals surface area contributed by atoms with Crippen molar-refractivity contribution < 1.29 is 23.9 Å². The van der Waals surface area contributed by atoms with Crippen LogP contribution in [0.25, 0.3) is 22.0 Å². The highest BCUT2D eigenvalue weighted by Crippen LogP contribution is 2.55. The van der Waals surface area contributed by atoms with Gasteiger partial charge in [0.2, 0.25) is 0 Å². The second-order valence-electron chi connectivity index (χ2n) is 12.4. The summed E-state index contributed by atoms with van der Waals surface area (Å²) in [6.45, 7) is 3.05. The molecule has 4 aliphatic carbocycles. The predicted octanol–water partition coefficient (Wildman–Crippen LogP) is 8.42. The van der Waals surface area contributed by atoms with Crippen molar-refractivity contribution in [2.24, 2.45) is 5.41 Å². The van der Waals surface area contributed by atoms with Gasteiger partial charge in [0.25, 0.3) is 0 Å². The molecule has 3 heterocycles. The number of pyridine rings is 2. The summed E-state index contributed by atoms with van der Waals surface area (Å²) in [6, 6.07) is 7.48. The van der Waals surface area contributed by atoms with E-state index in [-0.39, 0.29) is 16.7 Å². The zero-order valence-corrected chi connectivity index (χ0v) is 25.5. The number of nitrogens with zero attached hydrogens (tertiary/aromatic N) is 3. The average Bonchev–Trinajstić information content (AvgIpc) is 3.79. The topological polar surface area (TPSA) is 108 Å². The van der Waals surface area contributed by atoms with Crippen molar-refractivity contribution in [3.05, 3.63) is 69.4 Å². The van der Waals surface area contributed by atoms with E-state index in [4.69, 9.17) is 37.2 Å². The first-order valence-corrected chi connectivity index (χ1v) is 15.8. The number of aromatic carboxylic acids is 1. The molecule has 8 nitrogen and oxygen atoms in total. The first-order chi connectivity index (χ1) is 20.8. The van der Waals surface area contributed by atoms with Gasteiger partial charge in [0.05, 0.1) is 28.9 Å². The number of ether oxygens (including phenoxy) is 2. The quantitative estimate of drug-likeness (QED) is 0.188. The Bertz CT molecular complexity index is 1670. The highest BCUT2D eigenvalue weighted by atomic mass is 35.5. The molecule has 2 bridgehead atoms. The van der Waals surface area contributed by atoms with E-state index in [1.165, 1.54) is 0 Å². The van der Waals surface area contributed by atoms with Crippen LogP contribution in [0.2, 0.25) is 10.0 Å². The molecule has 0 amide bonds. The van der Waals surface area contributed by atoms with Gasteiger partial charge in [-0.25, -0.2) is 9.78 Å². The van der Waals surface area contributed by atoms with E-state index in [1.54, 1.807) is 18.5 Å². The highest BCUT2D eigenvalue weighted by molar-refractivity contribution is 6.38. The summed E-state index contributed by atoms with van der Waals surface area (Å²) >= 11 is 13.0. The number of hydrogen-bond donors (Lipinski definition) is 1. The van der Waals surface area contributed by atoms with Gasteiger partial charge in [-0.15, -0.1) is 0 Å². The molecular formula is C33H33Cl2N3O5. The number of rotatable bonds is 10. The van der Waals surface area contributed by atoms with Gasteiger partial charge in [0.1, 0.15) is 22.9 Å². The first kappa shape index (κ1) is 28.6. The van der Waals surface area contributed by atoms with Gasteiger partial charge in [-0.1, -0.05) is 41.3 Å². The molecule has 4 aliphatic rings. The second kappa shape index (κ2) is 11.1. The third-order valence-corrected chi connectivity index (χ3v) is 10.3. The Hall–Kier alpha value is -3.20. The second-order valence-corrected chi connectivity index (χ2v) is 13.2. The maximum atomic E-state index is 11.5. The molecule has 0 radical (unpaired) electrons. The van der Waals surface area contributed by atoms with Crippen molar-refractivity contribution in [1.29, 1.82) is 0 Å². The molecule has 0 atom stereocenters. The van der Waals surface area contributed by atoms with Crippen LogP contribution in [0.15, 0.2) is 41.2 Å². The highest BCUT2D eigenvalue weighted by Gasteiger charge is 2.50. The Balaban J connectivity index is 1.03. The van der Waals surface area contributed by atoms with Crippen molar-refractivity contribution in [2.45, 2.75) is 82.8 Å². The van der Waals surface area contributed by atoms with Crippen LogP contribution in [-0.4, -0.2) is 38.4 Å². The van der Waals surface area contributed by atoms with Crippen LogP contribution in [0.1, 0.15) is 91.7 Å². The Morgan fingerprint density at radius 2 is 1.79 bits per heavy atom. The lowest BCUT2D eigenvalue weighted by Crippen LogP contribution is -2.49. The molecule has 3 aromatic heterocycles. The fourth-order valence-electron chi connectivity index (χ4n) is 6.85. The molecule has 10 heteroatoms. The zero-order chi connectivity index (χ0) is 29.8. The number of aromatic nitrogens is 3. The van der Waals surface area contributed by atoms with Crippen LogP contribution in [0.4, 0.5) is 0 Å². The van der Waals surface area contributed by atoms with Crippen LogP contribution >= 0.6 is 23.2 Å². The average molecular weight is 623 g/mol. The first-order valence-electron chi connectivity index (χ1n) is 15.0. The predicted molar refractivity (Wildman–Crippen MR) is 163 cm³/mol. The normalized spacial score (nSPS) is 23.1. The van der Waals surface area contributed by atoms with E-state index < -0.39 is 5.97 Å². The van der Waals surface area contributed by atoms with Crippen molar-refractivity contribution in [3.63, 3.8) is 0 Å². The number of aryl methyl sites for hydroxylation is 1. The van der Waals surface area contributed by atoms with E-state index in [0.29, 0.717) is 46.9 Å². The SMILES string of the molecule is CCc1nc(C(=O)O)cc2ccc(OCC34CCC(OCc5c(-c6c(Cl)cncc6Cl)noc5C5CC5)(CC3)CC4)cc12. The van der Waals surface area contributed by atoms with Crippen LogP contribution in [0.3, 0.4) is 0 Å². The summed E-state index contributed by atoms with van der Waals surface area (Å²) in [5, 5.41) is 16.5. The summed E-state index contributed by atoms with van der Waals surface area (Å²) in [4.78, 5) is 19.9. The summed E-state index contributed by atoms with van der Waals surface area (Å²) in [6.07, 6.45) is 12.0. The van der Waals surface area contributed by atoms with Crippen molar-refractivity contribution in [1.82, 2.24) is 15.1 Å². The molecule has 224 valence electrons. The molecule has 8 rings (SSSR count). The van der Waals surface area contributed by atoms with E-state index >= 15 is 0 Å². The maximum Gasteiger partial charge on any atom is 0.354 e. The van der Waals surface area contributed by atoms with Gasteiger partial charge < -0.3 is 19.1 Å². The summed E-state index contributed by atoms with van der Waals surface area (Å²) in [7, 11) is 0. The standard InChI is InChI=1S/C33H33Cl2N3O5/c1-2-26-22-14-21(6-5-20(22)13-27(37-26)31(39)40)41-18-32-7-10-33(11-8-32,12-9-32)42-17-23-29(38-43-30(23)19-3-4-19)28-24(34)15-36-16-25(28)35/h5-6,13-16,19H,2-4,7-12,17-18H2,1H3,(H,39,40). The Morgan fingerprint density at radius 3 is 2.44 bits per heavy atom. The number of carbonyl (C=O) groups is 1. The van der Waals surface area contributed by atoms with Crippen molar-refractivity contribution in [2.75, 3.05) is 6.61 Å². The number of benzene rings is 1. The molecular weight excluding hydrogens is 589 g/mol. The Kier molecular flexibility index (Phi) is 7.35. The van der Waals surface area contributed by atoms with Crippen LogP contribution in [0, 0.1) is 5.41 Å². The third-order valence-electron chi connectivity index (χ3n) is 9.69. The minimum atomic E-state index is -1.02. The third kappa shape index (κ3) is 5.38. The minimum absolute atomic E-state index is 0.0704. The smallest absolute Gasteiger partial charge is 0.354 e. The molecule has 1 N–H and O–H groups in total. The molecule has 0 saturated heterocycles. The lowest BCUT2D eigenvalue weighted by molar-refractivity contribution is -0.150. The molecule has 1 aromatic carbocycles. The fourth-order valence-corrected chi connectivity index (χ4v) is 7.39. The monoisotopic (exact) mass is 621 g/mol. The van der Waals surface area contributed by atoms with Crippen LogP contribution in [0.5, 0.6) is 5.75 Å². The fraction of sp³-hybridized carbons (Fsp3) is 0.455. The van der Waals surface area contributed by atoms with Gasteiger partial charge >= 0.3 is 5.97 Å². The Morgan fingerprint density at radius 1 is 1.07 bits per heavy atom. The lowest BCUT2D eigenvalue weighted by atomic mass is 9.59. The van der Waals surface area contributed by atoms with E-state index in [9.17, 15) is 9.90 Å². The molecule has 0 unspecified atom stereocenters. The maximum absolute atomic E-state index is 11.5. The largest absolute Gasteiger partial charge is 0.493 e. The van der Waals surface area contributed by atoms with E-state index in [2.05, 4.69) is 15.1 Å². The van der Waals surface area contributed by atoms with Gasteiger partial charge in [-0.05, 0) is 81.4 Å². The van der Waals surface area contributed by atoms with Gasteiger partial charge in [0, 0.05) is 45.9 Å². The Labute approximate surface area is 259 Å². The zero-order valence-electron chi connectivity index (χ0n) is 24.0. The van der Waals surface area contributed by atoms with Crippen molar-refractivity contribution >= 4 is 39.9 Å². The summed E-state index contributed by atoms with van der Waals surface area (Å²) in [5.41, 5.74) is 3.04. The molecule has 4 fully saturated rings. The molecule has 4 saturated carbocycles. The van der Waals surface area contributed by atoms with E-state index in [0.717, 1.165) is 84.9 Å². The van der Waals surface area contributed by atoms with Gasteiger partial charge in [0.15, 0.2) is 0 Å². The summed E-state index contributed by atoms with van der Waals surface area (Å²) in [5.74, 6) is 1.04. The van der Waals surface area contributed by atoms with E-state index in [1.807, 2.05) is 25.1 Å². The van der Waals surface area contributed by atoms with Gasteiger partial charge in [-0.2, -0.15) is 0 Å². The number of halogens is 2. The molecule has 0 aliphatic heterocycles. The number of fused-ring (bicyclic) bond motifs is 4. The molecule has 0 spiro atoms. The number of hydrogen-bond acceptors (Lipinski definition) is 7. The molecule has 43 heavy (non-hydrogen) atoms. The van der Waals surface area contributed by atoms with Crippen LogP contribution in [-0.2, 0) is 17.8 Å².